The topological polar surface area (TPSA) is 73.6 Å². The van der Waals surface area contributed by atoms with Crippen LogP contribution in [0.4, 0.5) is 11.4 Å². The van der Waals surface area contributed by atoms with E-state index in [9.17, 15) is 10.1 Å². The first-order chi connectivity index (χ1) is 8.49. The van der Waals surface area contributed by atoms with Crippen LogP contribution in [0.5, 0.6) is 0 Å². The van der Waals surface area contributed by atoms with Crippen molar-refractivity contribution >= 4 is 11.4 Å². The van der Waals surface area contributed by atoms with E-state index in [4.69, 9.17) is 9.47 Å². The number of nitro benzene ring substituents is 1. The summed E-state index contributed by atoms with van der Waals surface area (Å²) in [4.78, 5) is 10.4. The summed E-state index contributed by atoms with van der Waals surface area (Å²) in [5, 5.41) is 13.9. The molecule has 1 atom stereocenters. The van der Waals surface area contributed by atoms with Gasteiger partial charge in [-0.25, -0.2) is 0 Å². The molecule has 18 heavy (non-hydrogen) atoms. The average Bonchev–Trinajstić information content (AvgIpc) is 2.32. The third-order valence-corrected chi connectivity index (χ3v) is 2.67. The molecule has 0 aliphatic rings. The fraction of sp³-hybridized carbons (Fsp3) is 0.500. The molecule has 0 heterocycles. The van der Waals surface area contributed by atoms with Gasteiger partial charge in [0.2, 0.25) is 0 Å². The lowest BCUT2D eigenvalue weighted by molar-refractivity contribution is -0.385. The van der Waals surface area contributed by atoms with Crippen molar-refractivity contribution in [1.29, 1.82) is 0 Å². The molecule has 1 N–H and O–H groups in total. The van der Waals surface area contributed by atoms with Gasteiger partial charge in [0.15, 0.2) is 6.29 Å². The van der Waals surface area contributed by atoms with Crippen LogP contribution in [-0.4, -0.2) is 31.5 Å². The van der Waals surface area contributed by atoms with Crippen molar-refractivity contribution in [2.24, 2.45) is 0 Å². The van der Waals surface area contributed by atoms with Gasteiger partial charge in [-0.1, -0.05) is 6.07 Å². The van der Waals surface area contributed by atoms with Crippen molar-refractivity contribution in [2.45, 2.75) is 26.2 Å². The zero-order valence-corrected chi connectivity index (χ0v) is 11.0. The van der Waals surface area contributed by atoms with Crippen LogP contribution in [0.15, 0.2) is 18.2 Å². The third kappa shape index (κ3) is 3.41. The number of hydrogen-bond acceptors (Lipinski definition) is 5. The second-order valence-corrected chi connectivity index (χ2v) is 4.03. The number of nitrogens with one attached hydrogen (secondary N) is 1. The van der Waals surface area contributed by atoms with Crippen molar-refractivity contribution in [1.82, 2.24) is 0 Å². The van der Waals surface area contributed by atoms with E-state index in [0.29, 0.717) is 11.3 Å². The molecule has 6 heteroatoms. The highest BCUT2D eigenvalue weighted by atomic mass is 16.7. The fourth-order valence-electron chi connectivity index (χ4n) is 1.73. The maximum absolute atomic E-state index is 10.8. The molecule has 0 fully saturated rings. The van der Waals surface area contributed by atoms with Gasteiger partial charge in [0.25, 0.3) is 5.69 Å². The minimum atomic E-state index is -0.412. The second kappa shape index (κ2) is 6.32. The van der Waals surface area contributed by atoms with E-state index >= 15 is 0 Å². The summed E-state index contributed by atoms with van der Waals surface area (Å²) in [6.07, 6.45) is -0.412. The Labute approximate surface area is 106 Å². The van der Waals surface area contributed by atoms with Gasteiger partial charge in [-0.15, -0.1) is 0 Å². The number of benzene rings is 1. The number of nitro groups is 1. The maximum Gasteiger partial charge on any atom is 0.274 e. The molecule has 0 aliphatic carbocycles. The van der Waals surface area contributed by atoms with Crippen molar-refractivity contribution in [3.05, 3.63) is 33.9 Å². The van der Waals surface area contributed by atoms with Gasteiger partial charge in [-0.2, -0.15) is 0 Å². The lowest BCUT2D eigenvalue weighted by Gasteiger charge is -2.23. The van der Waals surface area contributed by atoms with Crippen molar-refractivity contribution in [3.63, 3.8) is 0 Å². The van der Waals surface area contributed by atoms with E-state index in [-0.39, 0.29) is 11.7 Å². The van der Waals surface area contributed by atoms with E-state index in [2.05, 4.69) is 5.32 Å². The summed E-state index contributed by atoms with van der Waals surface area (Å²) in [5.74, 6) is 0. The molecule has 0 bridgehead atoms. The Kier molecular flexibility index (Phi) is 5.06. The second-order valence-electron chi connectivity index (χ2n) is 4.03. The van der Waals surface area contributed by atoms with E-state index in [1.807, 2.05) is 6.92 Å². The number of methoxy groups -OCH3 is 2. The Bertz CT molecular complexity index is 419. The molecular weight excluding hydrogens is 236 g/mol. The summed E-state index contributed by atoms with van der Waals surface area (Å²) >= 11 is 0. The van der Waals surface area contributed by atoms with Crippen LogP contribution in [0, 0.1) is 17.0 Å². The maximum atomic E-state index is 10.8. The Hall–Kier alpha value is -1.66. The molecule has 0 aliphatic heterocycles. The first-order valence-corrected chi connectivity index (χ1v) is 5.56. The molecule has 0 radical (unpaired) electrons. The van der Waals surface area contributed by atoms with Gasteiger partial charge in [0.1, 0.15) is 0 Å². The first-order valence-electron chi connectivity index (χ1n) is 5.56. The van der Waals surface area contributed by atoms with Gasteiger partial charge >= 0.3 is 0 Å². The van der Waals surface area contributed by atoms with Gasteiger partial charge < -0.3 is 14.8 Å². The quantitative estimate of drug-likeness (QED) is 0.479. The van der Waals surface area contributed by atoms with Gasteiger partial charge in [0, 0.05) is 31.5 Å². The minimum absolute atomic E-state index is 0.0959. The Balaban J connectivity index is 2.85. The summed E-state index contributed by atoms with van der Waals surface area (Å²) < 4.78 is 10.2. The molecule has 1 unspecified atom stereocenters. The van der Waals surface area contributed by atoms with Gasteiger partial charge in [0.05, 0.1) is 11.0 Å². The van der Waals surface area contributed by atoms with E-state index in [1.165, 1.54) is 6.07 Å². The Morgan fingerprint density at radius 3 is 2.44 bits per heavy atom. The highest BCUT2D eigenvalue weighted by molar-refractivity contribution is 5.55. The van der Waals surface area contributed by atoms with Gasteiger partial charge in [-0.05, 0) is 19.9 Å². The van der Waals surface area contributed by atoms with Crippen molar-refractivity contribution in [3.8, 4) is 0 Å². The van der Waals surface area contributed by atoms with Crippen LogP contribution in [-0.2, 0) is 9.47 Å². The average molecular weight is 254 g/mol. The van der Waals surface area contributed by atoms with E-state index in [0.717, 1.165) is 0 Å². The molecule has 0 spiro atoms. The Morgan fingerprint density at radius 1 is 1.33 bits per heavy atom. The number of nitrogens with zero attached hydrogens (tertiary/aromatic N) is 1. The van der Waals surface area contributed by atoms with E-state index in [1.54, 1.807) is 33.3 Å². The van der Waals surface area contributed by atoms with Crippen LogP contribution in [0.2, 0.25) is 0 Å². The number of rotatable bonds is 6. The number of aryl methyl sites for hydroxylation is 1. The molecule has 1 rings (SSSR count). The van der Waals surface area contributed by atoms with Crippen LogP contribution >= 0.6 is 0 Å². The smallest absolute Gasteiger partial charge is 0.274 e. The highest BCUT2D eigenvalue weighted by Gasteiger charge is 2.17. The Morgan fingerprint density at radius 2 is 1.94 bits per heavy atom. The summed E-state index contributed by atoms with van der Waals surface area (Å²) in [5.41, 5.74) is 1.39. The first kappa shape index (κ1) is 14.4. The fourth-order valence-corrected chi connectivity index (χ4v) is 1.73. The molecule has 0 amide bonds. The molecular formula is C12H18N2O4. The predicted molar refractivity (Wildman–Crippen MR) is 68.7 cm³/mol. The largest absolute Gasteiger partial charge is 0.377 e. The molecule has 1 aromatic carbocycles. The SMILES string of the molecule is COC(OC)C(C)Nc1ccc(C)c([N+](=O)[O-])c1. The molecule has 1 aromatic rings. The van der Waals surface area contributed by atoms with Crippen LogP contribution in [0.3, 0.4) is 0 Å². The molecule has 0 aromatic heterocycles. The standard InChI is InChI=1S/C12H18N2O4/c1-8-5-6-10(7-11(8)14(15)16)13-9(2)12(17-3)18-4/h5-7,9,12-13H,1-4H3. The van der Waals surface area contributed by atoms with Crippen molar-refractivity contribution in [2.75, 3.05) is 19.5 Å². The molecule has 0 saturated heterocycles. The normalized spacial score (nSPS) is 12.5. The third-order valence-electron chi connectivity index (χ3n) is 2.67. The lowest BCUT2D eigenvalue weighted by Crippen LogP contribution is -2.33. The minimum Gasteiger partial charge on any atom is -0.377 e. The summed E-state index contributed by atoms with van der Waals surface area (Å²) in [7, 11) is 3.09. The monoisotopic (exact) mass is 254 g/mol. The summed E-state index contributed by atoms with van der Waals surface area (Å²) in [6, 6.07) is 4.89. The van der Waals surface area contributed by atoms with Crippen LogP contribution in [0.25, 0.3) is 0 Å². The van der Waals surface area contributed by atoms with Crippen LogP contribution < -0.4 is 5.32 Å². The molecule has 6 nitrogen and oxygen atoms in total. The van der Waals surface area contributed by atoms with Crippen molar-refractivity contribution < 1.29 is 14.4 Å². The number of ether oxygens (including phenoxy) is 2. The summed E-state index contributed by atoms with van der Waals surface area (Å²) in [6.45, 7) is 3.59. The predicted octanol–water partition coefficient (Wildman–Crippen LogP) is 2.32. The number of hydrogen-bond donors (Lipinski definition) is 1. The zero-order chi connectivity index (χ0) is 13.7. The zero-order valence-electron chi connectivity index (χ0n) is 11.0. The highest BCUT2D eigenvalue weighted by Crippen LogP contribution is 2.23. The van der Waals surface area contributed by atoms with E-state index < -0.39 is 11.2 Å². The van der Waals surface area contributed by atoms with Crippen LogP contribution in [0.1, 0.15) is 12.5 Å². The number of anilines is 1. The molecule has 0 saturated carbocycles. The van der Waals surface area contributed by atoms with Gasteiger partial charge in [-0.3, -0.25) is 10.1 Å². The lowest BCUT2D eigenvalue weighted by atomic mass is 10.1. The molecule has 100 valence electrons.